The molecule has 1 unspecified atom stereocenters. The van der Waals surface area contributed by atoms with Crippen molar-refractivity contribution in [1.82, 2.24) is 0 Å². The molecule has 4 rings (SSSR count). The normalized spacial score (nSPS) is 52.6. The first-order valence-electron chi connectivity index (χ1n) is 13.4. The van der Waals surface area contributed by atoms with Crippen molar-refractivity contribution >= 4 is 0 Å². The highest BCUT2D eigenvalue weighted by Gasteiger charge is 2.69. The molecule has 0 saturated heterocycles. The first-order valence-corrected chi connectivity index (χ1v) is 13.4. The summed E-state index contributed by atoms with van der Waals surface area (Å²) in [7, 11) is 0. The van der Waals surface area contributed by atoms with Crippen LogP contribution in [0.4, 0.5) is 0 Å². The standard InChI is InChI=1S/C27H48O5/c1-16(15-28)6-5-7-17(2)20-8-9-21-19-12-23(31)27(32)13-18(29)10-11-26(27,4)24(19)22(30)14-25(20,21)3/h16-24,28-32H,5-15H2,1-4H3/t16?,17-,18+,19+,20-,21+,22+,23-,24-,25-,26-,27+/m1/s1. The molecule has 0 aromatic carbocycles. The molecule has 5 heteroatoms. The van der Waals surface area contributed by atoms with E-state index in [0.29, 0.717) is 42.9 Å². The summed E-state index contributed by atoms with van der Waals surface area (Å²) in [5.41, 5.74) is -1.79. The molecule has 12 atom stereocenters. The molecule has 186 valence electrons. The third-order valence-corrected chi connectivity index (χ3v) is 11.2. The molecule has 0 aliphatic heterocycles. The molecule has 0 heterocycles. The van der Waals surface area contributed by atoms with Gasteiger partial charge in [-0.15, -0.1) is 0 Å². The van der Waals surface area contributed by atoms with E-state index in [1.807, 2.05) is 0 Å². The van der Waals surface area contributed by atoms with Crippen LogP contribution in [0.1, 0.15) is 91.9 Å². The van der Waals surface area contributed by atoms with Gasteiger partial charge in [-0.1, -0.05) is 40.5 Å². The highest BCUT2D eigenvalue weighted by molar-refractivity contribution is 5.19. The summed E-state index contributed by atoms with van der Waals surface area (Å²) in [6, 6.07) is 0. The lowest BCUT2D eigenvalue weighted by molar-refractivity contribution is -0.282. The number of hydrogen-bond acceptors (Lipinski definition) is 5. The van der Waals surface area contributed by atoms with E-state index in [-0.39, 0.29) is 30.3 Å². The zero-order valence-electron chi connectivity index (χ0n) is 20.7. The molecule has 4 aliphatic rings. The van der Waals surface area contributed by atoms with Crippen molar-refractivity contribution < 1.29 is 25.5 Å². The lowest BCUT2D eigenvalue weighted by Gasteiger charge is -2.66. The SMILES string of the molecule is CC(CO)CCC[C@@H](C)[C@H]1CC[C@H]2[C@@H]3C[C@@H](O)[C@@]4(O)C[C@@H](O)CC[C@]4(C)[C@H]3[C@@H](O)C[C@]12C. The lowest BCUT2D eigenvalue weighted by atomic mass is 9.41. The van der Waals surface area contributed by atoms with Crippen LogP contribution in [0, 0.1) is 46.3 Å². The lowest BCUT2D eigenvalue weighted by Crippen LogP contribution is -2.71. The minimum absolute atomic E-state index is 0.0130. The summed E-state index contributed by atoms with van der Waals surface area (Å²) in [6.07, 6.45) is 6.65. The van der Waals surface area contributed by atoms with Crippen LogP contribution in [0.2, 0.25) is 0 Å². The molecule has 4 fully saturated rings. The third kappa shape index (κ3) is 3.69. The third-order valence-electron chi connectivity index (χ3n) is 11.2. The van der Waals surface area contributed by atoms with E-state index in [4.69, 9.17) is 0 Å². The first kappa shape index (κ1) is 24.9. The number of aliphatic hydroxyl groups is 5. The fourth-order valence-corrected chi connectivity index (χ4v) is 9.44. The number of aliphatic hydroxyl groups excluding tert-OH is 4. The number of rotatable bonds is 6. The van der Waals surface area contributed by atoms with Crippen LogP contribution >= 0.6 is 0 Å². The number of hydrogen-bond donors (Lipinski definition) is 5. The Bertz CT molecular complexity index is 670. The zero-order chi connectivity index (χ0) is 23.5. The second-order valence-corrected chi connectivity index (χ2v) is 12.9. The fourth-order valence-electron chi connectivity index (χ4n) is 9.44. The molecular formula is C27H48O5. The van der Waals surface area contributed by atoms with Gasteiger partial charge < -0.3 is 25.5 Å². The molecule has 4 aliphatic carbocycles. The van der Waals surface area contributed by atoms with Gasteiger partial charge in [0.15, 0.2) is 0 Å². The fraction of sp³-hybridized carbons (Fsp3) is 1.00. The summed E-state index contributed by atoms with van der Waals surface area (Å²) in [4.78, 5) is 0. The van der Waals surface area contributed by atoms with E-state index < -0.39 is 29.3 Å². The molecule has 0 amide bonds. The summed E-state index contributed by atoms with van der Waals surface area (Å²) < 4.78 is 0. The van der Waals surface area contributed by atoms with Gasteiger partial charge in [0, 0.05) is 18.4 Å². The van der Waals surface area contributed by atoms with Crippen LogP contribution in [0.5, 0.6) is 0 Å². The molecule has 5 nitrogen and oxygen atoms in total. The van der Waals surface area contributed by atoms with Crippen LogP contribution < -0.4 is 0 Å². The van der Waals surface area contributed by atoms with Gasteiger partial charge in [-0.3, -0.25) is 0 Å². The van der Waals surface area contributed by atoms with E-state index in [9.17, 15) is 25.5 Å². The molecule has 0 aromatic rings. The van der Waals surface area contributed by atoms with Crippen LogP contribution in [0.25, 0.3) is 0 Å². The molecule has 0 aromatic heterocycles. The van der Waals surface area contributed by atoms with Crippen molar-refractivity contribution in [2.24, 2.45) is 46.3 Å². The largest absolute Gasteiger partial charge is 0.396 e. The van der Waals surface area contributed by atoms with Gasteiger partial charge in [0.25, 0.3) is 0 Å². The van der Waals surface area contributed by atoms with Crippen molar-refractivity contribution in [2.75, 3.05) is 6.61 Å². The first-order chi connectivity index (χ1) is 15.0. The Kier molecular flexibility index (Phi) is 6.84. The second-order valence-electron chi connectivity index (χ2n) is 12.9. The molecule has 32 heavy (non-hydrogen) atoms. The second kappa shape index (κ2) is 8.78. The Morgan fingerprint density at radius 2 is 1.69 bits per heavy atom. The predicted octanol–water partition coefficient (Wildman–Crippen LogP) is 3.50. The maximum Gasteiger partial charge on any atom is 0.0986 e. The molecule has 5 N–H and O–H groups in total. The Balaban J connectivity index is 1.55. The van der Waals surface area contributed by atoms with Gasteiger partial charge in [-0.2, -0.15) is 0 Å². The minimum atomic E-state index is -1.31. The zero-order valence-corrected chi connectivity index (χ0v) is 20.7. The van der Waals surface area contributed by atoms with Crippen molar-refractivity contribution in [1.29, 1.82) is 0 Å². The number of fused-ring (bicyclic) bond motifs is 5. The molecule has 0 spiro atoms. The predicted molar refractivity (Wildman–Crippen MR) is 125 cm³/mol. The Labute approximate surface area is 194 Å². The van der Waals surface area contributed by atoms with Crippen LogP contribution in [0.3, 0.4) is 0 Å². The van der Waals surface area contributed by atoms with E-state index >= 15 is 0 Å². The Morgan fingerprint density at radius 3 is 2.38 bits per heavy atom. The maximum atomic E-state index is 11.6. The van der Waals surface area contributed by atoms with Crippen LogP contribution in [-0.2, 0) is 0 Å². The summed E-state index contributed by atoms with van der Waals surface area (Å²) in [5, 5.41) is 54.0. The van der Waals surface area contributed by atoms with Gasteiger partial charge >= 0.3 is 0 Å². The van der Waals surface area contributed by atoms with Gasteiger partial charge in [0.1, 0.15) is 0 Å². The summed E-state index contributed by atoms with van der Waals surface area (Å²) >= 11 is 0. The summed E-state index contributed by atoms with van der Waals surface area (Å²) in [5.74, 6) is 2.22. The minimum Gasteiger partial charge on any atom is -0.396 e. The van der Waals surface area contributed by atoms with Crippen molar-refractivity contribution in [3.05, 3.63) is 0 Å². The van der Waals surface area contributed by atoms with Crippen molar-refractivity contribution in [3.63, 3.8) is 0 Å². The van der Waals surface area contributed by atoms with Crippen molar-refractivity contribution in [3.8, 4) is 0 Å². The average molecular weight is 453 g/mol. The van der Waals surface area contributed by atoms with Gasteiger partial charge in [0.05, 0.1) is 23.9 Å². The van der Waals surface area contributed by atoms with E-state index in [1.165, 1.54) is 12.8 Å². The van der Waals surface area contributed by atoms with Gasteiger partial charge in [-0.25, -0.2) is 0 Å². The highest BCUT2D eigenvalue weighted by atomic mass is 16.3. The quantitative estimate of drug-likeness (QED) is 0.425. The maximum absolute atomic E-state index is 11.6. The highest BCUT2D eigenvalue weighted by Crippen LogP contribution is 2.69. The average Bonchev–Trinajstić information content (AvgIpc) is 3.06. The van der Waals surface area contributed by atoms with Gasteiger partial charge in [0.2, 0.25) is 0 Å². The van der Waals surface area contributed by atoms with Gasteiger partial charge in [-0.05, 0) is 85.9 Å². The monoisotopic (exact) mass is 452 g/mol. The van der Waals surface area contributed by atoms with Crippen LogP contribution in [-0.4, -0.2) is 56.1 Å². The van der Waals surface area contributed by atoms with Crippen LogP contribution in [0.15, 0.2) is 0 Å². The topological polar surface area (TPSA) is 101 Å². The van der Waals surface area contributed by atoms with E-state index in [0.717, 1.165) is 25.7 Å². The Hall–Kier alpha value is -0.200. The van der Waals surface area contributed by atoms with E-state index in [2.05, 4.69) is 27.7 Å². The van der Waals surface area contributed by atoms with E-state index in [1.54, 1.807) is 0 Å². The smallest absolute Gasteiger partial charge is 0.0986 e. The molecule has 4 saturated carbocycles. The summed E-state index contributed by atoms with van der Waals surface area (Å²) in [6.45, 7) is 9.20. The molecular weight excluding hydrogens is 404 g/mol. The molecule has 0 bridgehead atoms. The molecule has 0 radical (unpaired) electrons. The Morgan fingerprint density at radius 1 is 0.969 bits per heavy atom. The van der Waals surface area contributed by atoms with Crippen molar-refractivity contribution in [2.45, 2.75) is 116 Å².